The number of amides is 1. The van der Waals surface area contributed by atoms with E-state index in [1.54, 1.807) is 45.0 Å². The molecule has 1 unspecified atom stereocenters. The van der Waals surface area contributed by atoms with Crippen molar-refractivity contribution in [1.82, 2.24) is 5.32 Å². The van der Waals surface area contributed by atoms with Gasteiger partial charge in [0.2, 0.25) is 0 Å². The maximum Gasteiger partial charge on any atom is 0.407 e. The minimum Gasteiger partial charge on any atom is -0.508 e. The molecule has 2 aromatic carbocycles. The Hall–Kier alpha value is -2.73. The second-order valence-corrected chi connectivity index (χ2v) is 8.08. The van der Waals surface area contributed by atoms with Gasteiger partial charge in [0.15, 0.2) is 0 Å². The number of aryl methyl sites for hydroxylation is 2. The lowest BCUT2D eigenvalue weighted by molar-refractivity contribution is 0.0483. The van der Waals surface area contributed by atoms with Crippen LogP contribution in [0, 0.1) is 6.92 Å². The van der Waals surface area contributed by atoms with Crippen molar-refractivity contribution >= 4 is 6.09 Å². The number of alkyl carbamates (subject to hydrolysis) is 1. The van der Waals surface area contributed by atoms with Crippen molar-refractivity contribution in [3.63, 3.8) is 0 Å². The van der Waals surface area contributed by atoms with Crippen LogP contribution in [0.4, 0.5) is 4.79 Å². The van der Waals surface area contributed by atoms with E-state index in [1.807, 2.05) is 26.0 Å². The minimum absolute atomic E-state index is 0.188. The number of aromatic hydroxyl groups is 1. The van der Waals surface area contributed by atoms with E-state index in [0.29, 0.717) is 12.2 Å². The summed E-state index contributed by atoms with van der Waals surface area (Å²) in [5.74, 6) is 1.61. The lowest BCUT2D eigenvalue weighted by Gasteiger charge is -2.23. The molecule has 0 radical (unpaired) electrons. The quantitative estimate of drug-likeness (QED) is 0.636. The van der Waals surface area contributed by atoms with Gasteiger partial charge in [-0.05, 0) is 81.5 Å². The maximum atomic E-state index is 12.0. The summed E-state index contributed by atoms with van der Waals surface area (Å²) in [5, 5.41) is 21.8. The Morgan fingerprint density at radius 1 is 1.17 bits per heavy atom. The standard InChI is InChI=1S/C23H31NO5/c1-6-17-12-16(13-18(14-25)24-22(27)29-23(3,4)5)11-15(2)21(17)28-20-9-7-19(26)8-10-20/h7-12,18,25-26H,6,13-14H2,1-5H3,(H,24,27). The normalized spacial score (nSPS) is 12.3. The average Bonchev–Trinajstić information content (AvgIpc) is 2.63. The van der Waals surface area contributed by atoms with E-state index in [4.69, 9.17) is 9.47 Å². The molecule has 0 spiro atoms. The number of nitrogens with one attached hydrogen (secondary N) is 1. The summed E-state index contributed by atoms with van der Waals surface area (Å²) in [5.41, 5.74) is 2.39. The predicted molar refractivity (Wildman–Crippen MR) is 113 cm³/mol. The van der Waals surface area contributed by atoms with Gasteiger partial charge >= 0.3 is 6.09 Å². The van der Waals surface area contributed by atoms with Gasteiger partial charge in [-0.15, -0.1) is 0 Å². The van der Waals surface area contributed by atoms with Crippen molar-refractivity contribution in [3.8, 4) is 17.2 Å². The van der Waals surface area contributed by atoms with Crippen LogP contribution in [0.5, 0.6) is 17.2 Å². The van der Waals surface area contributed by atoms with Crippen molar-refractivity contribution < 1.29 is 24.5 Å². The van der Waals surface area contributed by atoms with Gasteiger partial charge in [-0.3, -0.25) is 0 Å². The van der Waals surface area contributed by atoms with E-state index in [2.05, 4.69) is 5.32 Å². The molecule has 0 aliphatic heterocycles. The van der Waals surface area contributed by atoms with E-state index in [0.717, 1.165) is 28.9 Å². The molecule has 0 saturated carbocycles. The van der Waals surface area contributed by atoms with Crippen LogP contribution in [0.2, 0.25) is 0 Å². The fraction of sp³-hybridized carbons (Fsp3) is 0.435. The monoisotopic (exact) mass is 401 g/mol. The van der Waals surface area contributed by atoms with Crippen molar-refractivity contribution in [2.75, 3.05) is 6.61 Å². The molecule has 0 saturated heterocycles. The fourth-order valence-electron chi connectivity index (χ4n) is 3.01. The summed E-state index contributed by atoms with van der Waals surface area (Å²) >= 11 is 0. The number of hydrogen-bond donors (Lipinski definition) is 3. The summed E-state index contributed by atoms with van der Waals surface area (Å²) in [6.07, 6.45) is 0.699. The Labute approximate surface area is 172 Å². The lowest BCUT2D eigenvalue weighted by atomic mass is 9.98. The van der Waals surface area contributed by atoms with Crippen molar-refractivity contribution in [1.29, 1.82) is 0 Å². The number of aliphatic hydroxyl groups excluding tert-OH is 1. The molecule has 6 heteroatoms. The maximum absolute atomic E-state index is 12.0. The number of benzene rings is 2. The van der Waals surface area contributed by atoms with Gasteiger partial charge in [-0.2, -0.15) is 0 Å². The second kappa shape index (κ2) is 9.65. The average molecular weight is 402 g/mol. The Balaban J connectivity index is 2.16. The molecule has 0 bridgehead atoms. The van der Waals surface area contributed by atoms with Crippen LogP contribution < -0.4 is 10.1 Å². The first kappa shape index (κ1) is 22.6. The van der Waals surface area contributed by atoms with Gasteiger partial charge in [0.25, 0.3) is 0 Å². The minimum atomic E-state index is -0.594. The molecule has 1 atom stereocenters. The zero-order valence-corrected chi connectivity index (χ0v) is 17.8. The molecule has 0 fully saturated rings. The highest BCUT2D eigenvalue weighted by Crippen LogP contribution is 2.32. The van der Waals surface area contributed by atoms with E-state index in [1.165, 1.54) is 0 Å². The third-order valence-electron chi connectivity index (χ3n) is 4.27. The molecule has 6 nitrogen and oxygen atoms in total. The van der Waals surface area contributed by atoms with Crippen LogP contribution in [0.3, 0.4) is 0 Å². The second-order valence-electron chi connectivity index (χ2n) is 8.08. The molecular weight excluding hydrogens is 370 g/mol. The van der Waals surface area contributed by atoms with Crippen LogP contribution >= 0.6 is 0 Å². The van der Waals surface area contributed by atoms with E-state index in [9.17, 15) is 15.0 Å². The highest BCUT2D eigenvalue weighted by molar-refractivity contribution is 5.68. The predicted octanol–water partition coefficient (Wildman–Crippen LogP) is 4.48. The smallest absolute Gasteiger partial charge is 0.407 e. The molecule has 158 valence electrons. The van der Waals surface area contributed by atoms with E-state index >= 15 is 0 Å². The molecule has 2 rings (SSSR count). The number of ether oxygens (including phenoxy) is 2. The molecule has 29 heavy (non-hydrogen) atoms. The molecule has 2 aromatic rings. The van der Waals surface area contributed by atoms with Gasteiger partial charge in [0.05, 0.1) is 12.6 Å². The molecule has 0 heterocycles. The highest BCUT2D eigenvalue weighted by atomic mass is 16.6. The summed E-state index contributed by atoms with van der Waals surface area (Å²) in [6, 6.07) is 10.2. The number of aliphatic hydroxyl groups is 1. The van der Waals surface area contributed by atoms with Gasteiger partial charge in [-0.1, -0.05) is 19.1 Å². The first-order valence-corrected chi connectivity index (χ1v) is 9.81. The van der Waals surface area contributed by atoms with Crippen molar-refractivity contribution in [2.24, 2.45) is 0 Å². The molecule has 0 aromatic heterocycles. The van der Waals surface area contributed by atoms with Gasteiger partial charge in [-0.25, -0.2) is 4.79 Å². The van der Waals surface area contributed by atoms with Crippen LogP contribution in [0.15, 0.2) is 36.4 Å². The van der Waals surface area contributed by atoms with Crippen LogP contribution in [-0.2, 0) is 17.6 Å². The number of phenolic OH excluding ortho intramolecular Hbond substituents is 1. The molecule has 1 amide bonds. The lowest BCUT2D eigenvalue weighted by Crippen LogP contribution is -2.42. The number of phenols is 1. The summed E-state index contributed by atoms with van der Waals surface area (Å²) in [6.45, 7) is 9.21. The van der Waals surface area contributed by atoms with Gasteiger partial charge < -0.3 is 25.0 Å². The largest absolute Gasteiger partial charge is 0.508 e. The molecular formula is C23H31NO5. The first-order valence-electron chi connectivity index (χ1n) is 9.81. The fourth-order valence-corrected chi connectivity index (χ4v) is 3.01. The molecule has 0 aliphatic carbocycles. The zero-order chi connectivity index (χ0) is 21.6. The Morgan fingerprint density at radius 3 is 2.38 bits per heavy atom. The number of rotatable bonds is 7. The number of hydrogen-bond acceptors (Lipinski definition) is 5. The van der Waals surface area contributed by atoms with Crippen molar-refractivity contribution in [2.45, 2.75) is 59.1 Å². The first-order chi connectivity index (χ1) is 13.6. The Morgan fingerprint density at radius 2 is 1.83 bits per heavy atom. The highest BCUT2D eigenvalue weighted by Gasteiger charge is 2.20. The van der Waals surface area contributed by atoms with Gasteiger partial charge in [0, 0.05) is 0 Å². The zero-order valence-electron chi connectivity index (χ0n) is 17.8. The summed E-state index contributed by atoms with van der Waals surface area (Å²) < 4.78 is 11.3. The van der Waals surface area contributed by atoms with E-state index in [-0.39, 0.29) is 12.4 Å². The van der Waals surface area contributed by atoms with Crippen LogP contribution in [0.1, 0.15) is 44.4 Å². The number of carbonyl (C=O) groups excluding carboxylic acids is 1. The Kier molecular flexibility index (Phi) is 7.51. The molecule has 0 aliphatic rings. The summed E-state index contributed by atoms with van der Waals surface area (Å²) in [4.78, 5) is 12.0. The van der Waals surface area contributed by atoms with Gasteiger partial charge in [0.1, 0.15) is 22.8 Å². The SMILES string of the molecule is CCc1cc(CC(CO)NC(=O)OC(C)(C)C)cc(C)c1Oc1ccc(O)cc1. The third kappa shape index (κ3) is 6.98. The molecule has 3 N–H and O–H groups in total. The summed E-state index contributed by atoms with van der Waals surface area (Å²) in [7, 11) is 0. The van der Waals surface area contributed by atoms with Crippen LogP contribution in [0.25, 0.3) is 0 Å². The number of carbonyl (C=O) groups is 1. The van der Waals surface area contributed by atoms with E-state index < -0.39 is 17.7 Å². The van der Waals surface area contributed by atoms with Crippen molar-refractivity contribution in [3.05, 3.63) is 53.1 Å². The third-order valence-corrected chi connectivity index (χ3v) is 4.27. The van der Waals surface area contributed by atoms with Crippen LogP contribution in [-0.4, -0.2) is 34.6 Å². The topological polar surface area (TPSA) is 88.0 Å². The Bertz CT molecular complexity index is 824.